The van der Waals surface area contributed by atoms with E-state index < -0.39 is 0 Å². The Hall–Kier alpha value is -3.04. The molecule has 4 aromatic rings. The van der Waals surface area contributed by atoms with E-state index in [-0.39, 0.29) is 6.10 Å². The lowest BCUT2D eigenvalue weighted by Gasteiger charge is -2.36. The first-order valence-corrected chi connectivity index (χ1v) is 12.3. The smallest absolute Gasteiger partial charge is 0.206 e. The number of anilines is 1. The third-order valence-corrected chi connectivity index (χ3v) is 6.94. The lowest BCUT2D eigenvalue weighted by atomic mass is 10.0. The lowest BCUT2D eigenvalue weighted by Crippen LogP contribution is -2.46. The van der Waals surface area contributed by atoms with Crippen LogP contribution in [0.4, 0.5) is 5.69 Å². The third kappa shape index (κ3) is 4.69. The predicted octanol–water partition coefficient (Wildman–Crippen LogP) is 4.15. The Morgan fingerprint density at radius 1 is 1.12 bits per heavy atom. The number of tetrazole rings is 1. The van der Waals surface area contributed by atoms with E-state index in [1.54, 1.807) is 11.3 Å². The Kier molecular flexibility index (Phi) is 6.24. The predicted molar refractivity (Wildman–Crippen MR) is 132 cm³/mol. The van der Waals surface area contributed by atoms with Gasteiger partial charge in [-0.15, -0.1) is 21.5 Å². The molecule has 0 bridgehead atoms. The monoisotopic (exact) mass is 463 g/mol. The molecule has 0 saturated carbocycles. The summed E-state index contributed by atoms with van der Waals surface area (Å²) in [6.45, 7) is 10.9. The minimum absolute atomic E-state index is 0.116. The number of H-pyrrole nitrogens is 1. The molecule has 8 nitrogen and oxygen atoms in total. The van der Waals surface area contributed by atoms with E-state index in [9.17, 15) is 0 Å². The molecule has 0 atom stereocenters. The summed E-state index contributed by atoms with van der Waals surface area (Å²) in [5, 5.41) is 16.1. The summed E-state index contributed by atoms with van der Waals surface area (Å²) in [6, 6.07) is 12.7. The van der Waals surface area contributed by atoms with Crippen molar-refractivity contribution < 1.29 is 4.74 Å². The number of benzene rings is 2. The molecule has 2 aromatic carbocycles. The quantitative estimate of drug-likeness (QED) is 0.441. The van der Waals surface area contributed by atoms with Crippen molar-refractivity contribution >= 4 is 27.2 Å². The van der Waals surface area contributed by atoms with E-state index in [4.69, 9.17) is 9.72 Å². The molecule has 1 saturated heterocycles. The number of aryl methyl sites for hydroxylation is 1. The summed E-state index contributed by atoms with van der Waals surface area (Å²) in [6.07, 6.45) is 0.994. The molecule has 0 spiro atoms. The normalized spacial score (nSPS) is 15.0. The van der Waals surface area contributed by atoms with Gasteiger partial charge in [0.2, 0.25) is 5.82 Å². The highest BCUT2D eigenvalue weighted by Gasteiger charge is 2.24. The van der Waals surface area contributed by atoms with Gasteiger partial charge in [-0.1, -0.05) is 19.1 Å². The molecule has 0 radical (unpaired) electrons. The van der Waals surface area contributed by atoms with Gasteiger partial charge < -0.3 is 9.64 Å². The fourth-order valence-corrected chi connectivity index (χ4v) is 5.31. The second-order valence-electron chi connectivity index (χ2n) is 8.57. The number of nitrogens with zero attached hydrogens (tertiary/aromatic N) is 6. The Labute approximate surface area is 197 Å². The van der Waals surface area contributed by atoms with Gasteiger partial charge in [0, 0.05) is 37.8 Å². The first kappa shape index (κ1) is 21.8. The first-order chi connectivity index (χ1) is 16.1. The maximum atomic E-state index is 6.16. The maximum Gasteiger partial charge on any atom is 0.206 e. The van der Waals surface area contributed by atoms with Gasteiger partial charge in [-0.2, -0.15) is 5.21 Å². The number of nitrogens with one attached hydrogen (secondary N) is 1. The van der Waals surface area contributed by atoms with Gasteiger partial charge >= 0.3 is 0 Å². The van der Waals surface area contributed by atoms with Gasteiger partial charge in [0.15, 0.2) is 0 Å². The van der Waals surface area contributed by atoms with Crippen molar-refractivity contribution in [3.05, 3.63) is 47.0 Å². The Morgan fingerprint density at radius 2 is 1.94 bits per heavy atom. The molecular formula is C24H29N7OS. The molecule has 1 aliphatic rings. The van der Waals surface area contributed by atoms with Crippen molar-refractivity contribution in [3.8, 4) is 17.1 Å². The van der Waals surface area contributed by atoms with Crippen LogP contribution in [0.25, 0.3) is 21.6 Å². The standard InChI is InChI=1S/C24H29N7OS/c1-4-17-13-18(24-26-28-29-27-24)20(14-21(17)32-16(2)3)31-11-9-30(10-12-31)15-23-25-19-7-5-6-8-22(19)33-23/h5-8,13-14,16H,4,9-12,15H2,1-3H3,(H,26,27,28,29). The highest BCUT2D eigenvalue weighted by Crippen LogP contribution is 2.36. The second kappa shape index (κ2) is 9.44. The number of para-hydroxylation sites is 1. The van der Waals surface area contributed by atoms with Crippen molar-refractivity contribution in [3.63, 3.8) is 0 Å². The number of thiazole rings is 1. The highest BCUT2D eigenvalue weighted by atomic mass is 32.1. The number of piperazine rings is 1. The molecule has 3 heterocycles. The molecule has 5 rings (SSSR count). The second-order valence-corrected chi connectivity index (χ2v) is 9.69. The minimum atomic E-state index is 0.116. The molecule has 0 unspecified atom stereocenters. The number of aromatic nitrogens is 5. The summed E-state index contributed by atoms with van der Waals surface area (Å²) >= 11 is 1.79. The van der Waals surface area contributed by atoms with Crippen molar-refractivity contribution in [1.82, 2.24) is 30.5 Å². The van der Waals surface area contributed by atoms with Crippen LogP contribution in [-0.4, -0.2) is 62.8 Å². The zero-order valence-corrected chi connectivity index (χ0v) is 20.1. The Morgan fingerprint density at radius 3 is 2.64 bits per heavy atom. The van der Waals surface area contributed by atoms with E-state index in [1.807, 2.05) is 6.07 Å². The summed E-state index contributed by atoms with van der Waals surface area (Å²) < 4.78 is 7.42. The van der Waals surface area contributed by atoms with E-state index >= 15 is 0 Å². The fourth-order valence-electron chi connectivity index (χ4n) is 4.30. The average Bonchev–Trinajstić information content (AvgIpc) is 3.49. The number of hydrogen-bond acceptors (Lipinski definition) is 8. The highest BCUT2D eigenvalue weighted by molar-refractivity contribution is 7.18. The zero-order valence-electron chi connectivity index (χ0n) is 19.3. The summed E-state index contributed by atoms with van der Waals surface area (Å²) in [4.78, 5) is 9.70. The summed E-state index contributed by atoms with van der Waals surface area (Å²) in [7, 11) is 0. The van der Waals surface area contributed by atoms with E-state index in [2.05, 4.69) is 81.5 Å². The maximum absolute atomic E-state index is 6.16. The molecule has 0 aliphatic carbocycles. The van der Waals surface area contributed by atoms with Crippen molar-refractivity contribution in [2.24, 2.45) is 0 Å². The molecule has 1 aliphatic heterocycles. The molecule has 1 fully saturated rings. The zero-order chi connectivity index (χ0) is 22.8. The van der Waals surface area contributed by atoms with Crippen LogP contribution >= 0.6 is 11.3 Å². The van der Waals surface area contributed by atoms with Crippen LogP contribution in [0, 0.1) is 0 Å². The van der Waals surface area contributed by atoms with Crippen LogP contribution < -0.4 is 9.64 Å². The number of rotatable bonds is 7. The summed E-state index contributed by atoms with van der Waals surface area (Å²) in [5.41, 5.74) is 4.34. The summed E-state index contributed by atoms with van der Waals surface area (Å²) in [5.74, 6) is 1.55. The number of hydrogen-bond donors (Lipinski definition) is 1. The van der Waals surface area contributed by atoms with Crippen molar-refractivity contribution in [1.29, 1.82) is 0 Å². The van der Waals surface area contributed by atoms with Crippen LogP contribution in [0.2, 0.25) is 0 Å². The topological polar surface area (TPSA) is 83.1 Å². The van der Waals surface area contributed by atoms with E-state index in [0.29, 0.717) is 5.82 Å². The van der Waals surface area contributed by atoms with Gasteiger partial charge in [0.05, 0.1) is 28.6 Å². The van der Waals surface area contributed by atoms with Crippen LogP contribution in [0.15, 0.2) is 36.4 Å². The number of fused-ring (bicyclic) bond motifs is 1. The van der Waals surface area contributed by atoms with Gasteiger partial charge in [0.1, 0.15) is 10.8 Å². The van der Waals surface area contributed by atoms with Crippen molar-refractivity contribution in [2.75, 3.05) is 31.1 Å². The number of ether oxygens (including phenoxy) is 1. The SMILES string of the molecule is CCc1cc(-c2nn[nH]n2)c(N2CCN(Cc3nc4ccccc4s3)CC2)cc1OC(C)C. The van der Waals surface area contributed by atoms with Gasteiger partial charge in [-0.25, -0.2) is 4.98 Å². The molecule has 2 aromatic heterocycles. The molecule has 9 heteroatoms. The van der Waals surface area contributed by atoms with Crippen LogP contribution in [0.3, 0.4) is 0 Å². The molecule has 1 N–H and O–H groups in total. The minimum Gasteiger partial charge on any atom is -0.491 e. The Balaban J connectivity index is 1.36. The fraction of sp³-hybridized carbons (Fsp3) is 0.417. The van der Waals surface area contributed by atoms with Crippen LogP contribution in [0.5, 0.6) is 5.75 Å². The molecule has 33 heavy (non-hydrogen) atoms. The number of aromatic amines is 1. The van der Waals surface area contributed by atoms with E-state index in [0.717, 1.165) is 67.2 Å². The third-order valence-electron chi connectivity index (χ3n) is 5.92. The van der Waals surface area contributed by atoms with Gasteiger partial charge in [-0.3, -0.25) is 4.90 Å². The lowest BCUT2D eigenvalue weighted by molar-refractivity contribution is 0.239. The van der Waals surface area contributed by atoms with Gasteiger partial charge in [-0.05, 0) is 49.2 Å². The van der Waals surface area contributed by atoms with Crippen LogP contribution in [-0.2, 0) is 13.0 Å². The van der Waals surface area contributed by atoms with E-state index in [1.165, 1.54) is 9.71 Å². The van der Waals surface area contributed by atoms with Gasteiger partial charge in [0.25, 0.3) is 0 Å². The molecule has 172 valence electrons. The largest absolute Gasteiger partial charge is 0.491 e. The Bertz CT molecular complexity index is 1180. The van der Waals surface area contributed by atoms with Crippen LogP contribution in [0.1, 0.15) is 31.3 Å². The molecule has 0 amide bonds. The van der Waals surface area contributed by atoms with Crippen molar-refractivity contribution in [2.45, 2.75) is 39.8 Å². The average molecular weight is 464 g/mol. The first-order valence-electron chi connectivity index (χ1n) is 11.5. The molecular weight excluding hydrogens is 434 g/mol.